The minimum atomic E-state index is -0.710. The molecule has 7 heteroatoms. The van der Waals surface area contributed by atoms with Crippen molar-refractivity contribution in [2.45, 2.75) is 56.4 Å². The lowest BCUT2D eigenvalue weighted by Crippen LogP contribution is -2.56. The van der Waals surface area contributed by atoms with Gasteiger partial charge in [-0.05, 0) is 44.9 Å². The summed E-state index contributed by atoms with van der Waals surface area (Å²) in [5, 5.41) is 5.51. The van der Waals surface area contributed by atoms with Gasteiger partial charge in [-0.15, -0.1) is 11.8 Å². The zero-order valence-corrected chi connectivity index (χ0v) is 19.0. The smallest absolute Gasteiger partial charge is 0.256 e. The van der Waals surface area contributed by atoms with E-state index in [1.807, 2.05) is 63.2 Å². The number of thioether (sulfide) groups is 1. The number of carbonyl (C=O) groups is 3. The van der Waals surface area contributed by atoms with Gasteiger partial charge in [0.2, 0.25) is 11.8 Å². The molecular formula is C24H27N3O3S. The van der Waals surface area contributed by atoms with Crippen LogP contribution in [-0.4, -0.2) is 39.5 Å². The van der Waals surface area contributed by atoms with Crippen molar-refractivity contribution in [3.8, 4) is 0 Å². The average molecular weight is 438 g/mol. The highest BCUT2D eigenvalue weighted by molar-refractivity contribution is 8.01. The second-order valence-electron chi connectivity index (χ2n) is 8.71. The third-order valence-electron chi connectivity index (χ3n) is 5.88. The molecule has 0 aromatic heterocycles. The van der Waals surface area contributed by atoms with Gasteiger partial charge in [-0.25, -0.2) is 0 Å². The van der Waals surface area contributed by atoms with Crippen LogP contribution in [0.2, 0.25) is 0 Å². The molecule has 2 aliphatic rings. The summed E-state index contributed by atoms with van der Waals surface area (Å²) in [6.45, 7) is 8.01. The molecular weight excluding hydrogens is 410 g/mol. The summed E-state index contributed by atoms with van der Waals surface area (Å²) >= 11 is 1.61. The number of carbonyl (C=O) groups excluding carboxylic acids is 3. The number of nitrogens with zero attached hydrogens (tertiary/aromatic N) is 1. The Hall–Kier alpha value is -2.80. The average Bonchev–Trinajstić information content (AvgIpc) is 3.16. The number of aryl methyl sites for hydroxylation is 1. The molecule has 3 amide bonds. The summed E-state index contributed by atoms with van der Waals surface area (Å²) in [6, 6.07) is 14.1. The summed E-state index contributed by atoms with van der Waals surface area (Å²) in [6.07, 6.45) is 0. The molecule has 2 aromatic carbocycles. The molecule has 2 heterocycles. The normalized spacial score (nSPS) is 21.9. The Morgan fingerprint density at radius 1 is 1.13 bits per heavy atom. The molecule has 3 atom stereocenters. The first kappa shape index (κ1) is 21.4. The molecule has 1 fully saturated rings. The van der Waals surface area contributed by atoms with E-state index in [0.717, 1.165) is 16.7 Å². The third-order valence-corrected chi connectivity index (χ3v) is 7.42. The Bertz CT molecular complexity index is 1030. The fourth-order valence-corrected chi connectivity index (χ4v) is 5.80. The van der Waals surface area contributed by atoms with Gasteiger partial charge >= 0.3 is 0 Å². The molecule has 0 saturated carbocycles. The molecule has 2 aromatic rings. The molecule has 0 bridgehead atoms. The van der Waals surface area contributed by atoms with E-state index in [1.54, 1.807) is 29.7 Å². The summed E-state index contributed by atoms with van der Waals surface area (Å²) in [5.41, 5.74) is 3.75. The summed E-state index contributed by atoms with van der Waals surface area (Å²) in [4.78, 5) is 40.5. The van der Waals surface area contributed by atoms with E-state index >= 15 is 0 Å². The Morgan fingerprint density at radius 2 is 1.81 bits per heavy atom. The van der Waals surface area contributed by atoms with Crippen molar-refractivity contribution in [1.82, 2.24) is 15.5 Å². The lowest BCUT2D eigenvalue weighted by Gasteiger charge is -2.30. The highest BCUT2D eigenvalue weighted by atomic mass is 32.2. The Kier molecular flexibility index (Phi) is 5.56. The minimum Gasteiger partial charge on any atom is -0.350 e. The van der Waals surface area contributed by atoms with Crippen LogP contribution in [0.3, 0.4) is 0 Å². The van der Waals surface area contributed by atoms with Crippen molar-refractivity contribution < 1.29 is 14.4 Å². The van der Waals surface area contributed by atoms with Crippen LogP contribution in [0.4, 0.5) is 0 Å². The van der Waals surface area contributed by atoms with Gasteiger partial charge in [-0.2, -0.15) is 0 Å². The van der Waals surface area contributed by atoms with Crippen molar-refractivity contribution in [2.75, 3.05) is 0 Å². The van der Waals surface area contributed by atoms with Gasteiger partial charge in [-0.1, -0.05) is 48.0 Å². The fraction of sp³-hybridized carbons (Fsp3) is 0.375. The lowest BCUT2D eigenvalue weighted by atomic mass is 10.0. The lowest BCUT2D eigenvalue weighted by molar-refractivity contribution is -0.131. The highest BCUT2D eigenvalue weighted by Crippen LogP contribution is 2.56. The zero-order chi connectivity index (χ0) is 22.3. The molecule has 2 N–H and O–H groups in total. The van der Waals surface area contributed by atoms with Gasteiger partial charge in [0.05, 0.1) is 0 Å². The molecule has 0 radical (unpaired) electrons. The van der Waals surface area contributed by atoms with E-state index in [-0.39, 0.29) is 23.1 Å². The van der Waals surface area contributed by atoms with Crippen LogP contribution >= 0.6 is 11.8 Å². The standard InChI is InChI=1S/C24H27N3O3S/c1-14-9-11-16(12-10-14)13-25-20(28)15(2)26-21(29)19-24(3,4)31-23-18-8-6-5-7-17(18)22(30)27(19)23/h5-12,15,19,23H,13H2,1-4H3,(H,25,28)(H,26,29). The number of benzene rings is 2. The van der Waals surface area contributed by atoms with E-state index in [4.69, 9.17) is 0 Å². The van der Waals surface area contributed by atoms with Crippen LogP contribution in [0, 0.1) is 6.92 Å². The molecule has 3 unspecified atom stereocenters. The van der Waals surface area contributed by atoms with E-state index in [9.17, 15) is 14.4 Å². The second-order valence-corrected chi connectivity index (χ2v) is 10.4. The van der Waals surface area contributed by atoms with Crippen LogP contribution in [0.15, 0.2) is 48.5 Å². The molecule has 2 aliphatic heterocycles. The molecule has 6 nitrogen and oxygen atoms in total. The maximum atomic E-state index is 13.2. The molecule has 4 rings (SSSR count). The van der Waals surface area contributed by atoms with Crippen LogP contribution in [0.5, 0.6) is 0 Å². The first-order valence-corrected chi connectivity index (χ1v) is 11.3. The first-order chi connectivity index (χ1) is 14.7. The fourth-order valence-electron chi connectivity index (χ4n) is 4.21. The highest BCUT2D eigenvalue weighted by Gasteiger charge is 2.57. The molecule has 0 spiro atoms. The van der Waals surface area contributed by atoms with E-state index in [1.165, 1.54) is 0 Å². The largest absolute Gasteiger partial charge is 0.350 e. The minimum absolute atomic E-state index is 0.129. The molecule has 0 aliphatic carbocycles. The van der Waals surface area contributed by atoms with Crippen LogP contribution < -0.4 is 10.6 Å². The SMILES string of the molecule is Cc1ccc(CNC(=O)C(C)NC(=O)C2N3C(=O)c4ccccc4C3SC2(C)C)cc1. The number of rotatable bonds is 5. The van der Waals surface area contributed by atoms with E-state index in [0.29, 0.717) is 12.1 Å². The van der Waals surface area contributed by atoms with Crippen molar-refractivity contribution in [2.24, 2.45) is 0 Å². The van der Waals surface area contributed by atoms with Gasteiger partial charge in [0, 0.05) is 16.9 Å². The van der Waals surface area contributed by atoms with Crippen LogP contribution in [-0.2, 0) is 16.1 Å². The summed E-state index contributed by atoms with van der Waals surface area (Å²) < 4.78 is -0.476. The first-order valence-electron chi connectivity index (χ1n) is 10.4. The van der Waals surface area contributed by atoms with E-state index in [2.05, 4.69) is 10.6 Å². The van der Waals surface area contributed by atoms with Gasteiger partial charge in [0.1, 0.15) is 17.5 Å². The quantitative estimate of drug-likeness (QED) is 0.753. The molecule has 31 heavy (non-hydrogen) atoms. The number of amides is 3. The Labute approximate surface area is 186 Å². The maximum Gasteiger partial charge on any atom is 0.256 e. The van der Waals surface area contributed by atoms with Crippen LogP contribution in [0.25, 0.3) is 0 Å². The third kappa shape index (κ3) is 3.94. The van der Waals surface area contributed by atoms with Crippen molar-refractivity contribution in [3.63, 3.8) is 0 Å². The molecule has 1 saturated heterocycles. The van der Waals surface area contributed by atoms with Crippen molar-refractivity contribution >= 4 is 29.5 Å². The number of hydrogen-bond acceptors (Lipinski definition) is 4. The number of hydrogen-bond donors (Lipinski definition) is 2. The van der Waals surface area contributed by atoms with E-state index < -0.39 is 16.8 Å². The van der Waals surface area contributed by atoms with Gasteiger partial charge in [-0.3, -0.25) is 14.4 Å². The van der Waals surface area contributed by atoms with Gasteiger partial charge in [0.25, 0.3) is 5.91 Å². The predicted molar refractivity (Wildman–Crippen MR) is 121 cm³/mol. The zero-order valence-electron chi connectivity index (χ0n) is 18.1. The maximum absolute atomic E-state index is 13.2. The Balaban J connectivity index is 1.43. The molecule has 162 valence electrons. The monoisotopic (exact) mass is 437 g/mol. The van der Waals surface area contributed by atoms with Crippen molar-refractivity contribution in [1.29, 1.82) is 0 Å². The number of fused-ring (bicyclic) bond motifs is 3. The van der Waals surface area contributed by atoms with Gasteiger partial charge < -0.3 is 15.5 Å². The Morgan fingerprint density at radius 3 is 2.52 bits per heavy atom. The predicted octanol–water partition coefficient (Wildman–Crippen LogP) is 3.16. The van der Waals surface area contributed by atoms with Crippen molar-refractivity contribution in [3.05, 3.63) is 70.8 Å². The second kappa shape index (κ2) is 8.04. The number of nitrogens with one attached hydrogen (secondary N) is 2. The topological polar surface area (TPSA) is 78.5 Å². The van der Waals surface area contributed by atoms with Crippen LogP contribution in [0.1, 0.15) is 53.2 Å². The summed E-state index contributed by atoms with van der Waals surface area (Å²) in [7, 11) is 0. The summed E-state index contributed by atoms with van der Waals surface area (Å²) in [5.74, 6) is -0.695. The van der Waals surface area contributed by atoms with Gasteiger partial charge in [0.15, 0.2) is 0 Å².